The molecule has 7 nitrogen and oxygen atoms in total. The van der Waals surface area contributed by atoms with Crippen LogP contribution in [0.25, 0.3) is 0 Å². The van der Waals surface area contributed by atoms with Crippen molar-refractivity contribution in [2.75, 3.05) is 18.4 Å². The van der Waals surface area contributed by atoms with E-state index in [-0.39, 0.29) is 18.6 Å². The Hall–Kier alpha value is -3.16. The Morgan fingerprint density at radius 2 is 1.80 bits per heavy atom. The number of hydrogen-bond acceptors (Lipinski definition) is 6. The minimum atomic E-state index is -0.793. The van der Waals surface area contributed by atoms with Crippen LogP contribution in [0, 0.1) is 0 Å². The van der Waals surface area contributed by atoms with Crippen molar-refractivity contribution < 1.29 is 14.6 Å². The van der Waals surface area contributed by atoms with Gasteiger partial charge in [-0.25, -0.2) is 9.97 Å². The van der Waals surface area contributed by atoms with Crippen LogP contribution in [0.1, 0.15) is 16.8 Å². The Labute approximate surface area is 179 Å². The number of amides is 1. The number of rotatable bonds is 5. The molecule has 2 aromatic carbocycles. The first-order valence-electron chi connectivity index (χ1n) is 9.62. The highest BCUT2D eigenvalue weighted by molar-refractivity contribution is 6.30. The maximum atomic E-state index is 12.8. The molecule has 154 valence electrons. The molecule has 1 aliphatic heterocycles. The molecule has 1 aliphatic rings. The summed E-state index contributed by atoms with van der Waals surface area (Å²) in [6, 6.07) is 16.5. The van der Waals surface area contributed by atoms with E-state index < -0.39 is 6.10 Å². The van der Waals surface area contributed by atoms with Crippen LogP contribution in [-0.2, 0) is 0 Å². The number of nitrogens with zero attached hydrogens (tertiary/aromatic N) is 3. The summed E-state index contributed by atoms with van der Waals surface area (Å²) in [6.07, 6.45) is 2.32. The standard InChI is InChI=1S/C22H21ClN4O3/c23-16-6-8-18(9-7-16)30-20-10-11-27(14-19(20)28)21(29)15-12-24-22(25-13-15)26-17-4-2-1-3-5-17/h1-9,12-13,19-20,28H,10-11,14H2,(H,24,25,26)/t19-,20-/m1/s1. The number of aromatic nitrogens is 2. The Bertz CT molecular complexity index is 984. The van der Waals surface area contributed by atoms with E-state index in [9.17, 15) is 9.90 Å². The van der Waals surface area contributed by atoms with E-state index in [1.165, 1.54) is 12.4 Å². The van der Waals surface area contributed by atoms with Crippen LogP contribution in [0.3, 0.4) is 0 Å². The smallest absolute Gasteiger partial charge is 0.257 e. The third-order valence-corrected chi connectivity index (χ3v) is 5.09. The summed E-state index contributed by atoms with van der Waals surface area (Å²) in [5.74, 6) is 0.830. The minimum absolute atomic E-state index is 0.182. The number of aliphatic hydroxyl groups excluding tert-OH is 1. The average molecular weight is 425 g/mol. The van der Waals surface area contributed by atoms with Gasteiger partial charge in [-0.15, -0.1) is 0 Å². The summed E-state index contributed by atoms with van der Waals surface area (Å²) in [7, 11) is 0. The van der Waals surface area contributed by atoms with Gasteiger partial charge in [0.05, 0.1) is 12.1 Å². The van der Waals surface area contributed by atoms with Crippen molar-refractivity contribution in [1.82, 2.24) is 14.9 Å². The highest BCUT2D eigenvalue weighted by atomic mass is 35.5. The molecule has 2 atom stereocenters. The highest BCUT2D eigenvalue weighted by Crippen LogP contribution is 2.22. The molecule has 3 aromatic rings. The second kappa shape index (κ2) is 9.11. The Morgan fingerprint density at radius 1 is 1.10 bits per heavy atom. The molecule has 1 fully saturated rings. The molecular weight excluding hydrogens is 404 g/mol. The number of nitrogens with one attached hydrogen (secondary N) is 1. The van der Waals surface area contributed by atoms with Crippen LogP contribution in [0.4, 0.5) is 11.6 Å². The number of piperidine rings is 1. The van der Waals surface area contributed by atoms with Crippen LogP contribution >= 0.6 is 11.6 Å². The number of ether oxygens (including phenoxy) is 1. The second-order valence-corrected chi connectivity index (χ2v) is 7.44. The molecule has 0 spiro atoms. The van der Waals surface area contributed by atoms with Gasteiger partial charge in [0.1, 0.15) is 18.0 Å². The summed E-state index contributed by atoms with van der Waals surface area (Å²) in [4.78, 5) is 22.8. The monoisotopic (exact) mass is 424 g/mol. The molecule has 0 saturated carbocycles. The zero-order chi connectivity index (χ0) is 20.9. The number of anilines is 2. The molecule has 8 heteroatoms. The lowest BCUT2D eigenvalue weighted by atomic mass is 10.0. The predicted octanol–water partition coefficient (Wildman–Crippen LogP) is 3.53. The number of β-amino-alcohol motifs (C(OH)–C–C–N with tert-alkyl or cyclic N) is 1. The predicted molar refractivity (Wildman–Crippen MR) is 114 cm³/mol. The number of para-hydroxylation sites is 1. The number of halogens is 1. The fraction of sp³-hybridized carbons (Fsp3) is 0.227. The van der Waals surface area contributed by atoms with Gasteiger partial charge in [0.2, 0.25) is 5.95 Å². The van der Waals surface area contributed by atoms with Gasteiger partial charge in [-0.05, 0) is 36.4 Å². The maximum Gasteiger partial charge on any atom is 0.257 e. The molecule has 2 heterocycles. The van der Waals surface area contributed by atoms with E-state index in [1.54, 1.807) is 29.2 Å². The Balaban J connectivity index is 1.34. The van der Waals surface area contributed by atoms with Crippen molar-refractivity contribution >= 4 is 29.1 Å². The summed E-state index contributed by atoms with van der Waals surface area (Å²) in [5, 5.41) is 14.2. The minimum Gasteiger partial charge on any atom is -0.488 e. The number of likely N-dealkylation sites (tertiary alicyclic amines) is 1. The number of carbonyl (C=O) groups excluding carboxylic acids is 1. The first-order chi connectivity index (χ1) is 14.6. The summed E-state index contributed by atoms with van der Waals surface area (Å²) in [6.45, 7) is 0.652. The molecular formula is C22H21ClN4O3. The van der Waals surface area contributed by atoms with E-state index in [4.69, 9.17) is 16.3 Å². The van der Waals surface area contributed by atoms with Gasteiger partial charge in [-0.3, -0.25) is 4.79 Å². The van der Waals surface area contributed by atoms with Crippen molar-refractivity contribution in [2.45, 2.75) is 18.6 Å². The van der Waals surface area contributed by atoms with Crippen LogP contribution in [0.15, 0.2) is 67.0 Å². The molecule has 1 aromatic heterocycles. The van der Waals surface area contributed by atoms with Gasteiger partial charge in [-0.1, -0.05) is 29.8 Å². The topological polar surface area (TPSA) is 87.6 Å². The average Bonchev–Trinajstić information content (AvgIpc) is 2.77. The van der Waals surface area contributed by atoms with E-state index in [0.29, 0.717) is 35.2 Å². The van der Waals surface area contributed by atoms with Crippen LogP contribution in [-0.4, -0.2) is 51.2 Å². The summed E-state index contributed by atoms with van der Waals surface area (Å²) in [5.41, 5.74) is 1.24. The fourth-order valence-corrected chi connectivity index (χ4v) is 3.38. The first-order valence-corrected chi connectivity index (χ1v) is 10.00. The zero-order valence-electron chi connectivity index (χ0n) is 16.1. The van der Waals surface area contributed by atoms with Gasteiger partial charge in [0.25, 0.3) is 5.91 Å². The van der Waals surface area contributed by atoms with E-state index >= 15 is 0 Å². The van der Waals surface area contributed by atoms with Gasteiger partial charge < -0.3 is 20.1 Å². The largest absolute Gasteiger partial charge is 0.488 e. The molecule has 1 amide bonds. The zero-order valence-corrected chi connectivity index (χ0v) is 16.9. The number of hydrogen-bond donors (Lipinski definition) is 2. The number of aliphatic hydroxyl groups is 1. The Kier molecular flexibility index (Phi) is 6.11. The molecule has 30 heavy (non-hydrogen) atoms. The van der Waals surface area contributed by atoms with Gasteiger partial charge in [-0.2, -0.15) is 0 Å². The molecule has 4 rings (SSSR count). The SMILES string of the molecule is O=C(c1cnc(Nc2ccccc2)nc1)N1CC[C@@H](Oc2ccc(Cl)cc2)[C@H](O)C1. The molecule has 0 unspecified atom stereocenters. The Morgan fingerprint density at radius 3 is 2.47 bits per heavy atom. The van der Waals surface area contributed by atoms with E-state index in [0.717, 1.165) is 5.69 Å². The third-order valence-electron chi connectivity index (χ3n) is 4.84. The lowest BCUT2D eigenvalue weighted by Gasteiger charge is -2.35. The lowest BCUT2D eigenvalue weighted by molar-refractivity contribution is -0.0199. The maximum absolute atomic E-state index is 12.8. The highest BCUT2D eigenvalue weighted by Gasteiger charge is 2.32. The van der Waals surface area contributed by atoms with Gasteiger partial charge in [0, 0.05) is 36.1 Å². The number of carbonyl (C=O) groups is 1. The lowest BCUT2D eigenvalue weighted by Crippen LogP contribution is -2.51. The van der Waals surface area contributed by atoms with E-state index in [2.05, 4.69) is 15.3 Å². The quantitative estimate of drug-likeness (QED) is 0.651. The van der Waals surface area contributed by atoms with Gasteiger partial charge in [0.15, 0.2) is 0 Å². The van der Waals surface area contributed by atoms with Crippen LogP contribution in [0.5, 0.6) is 5.75 Å². The molecule has 2 N–H and O–H groups in total. The fourth-order valence-electron chi connectivity index (χ4n) is 3.26. The molecule has 1 saturated heterocycles. The normalized spacial score (nSPS) is 18.7. The van der Waals surface area contributed by atoms with Crippen LogP contribution in [0.2, 0.25) is 5.02 Å². The van der Waals surface area contributed by atoms with Crippen LogP contribution < -0.4 is 10.1 Å². The number of benzene rings is 2. The van der Waals surface area contributed by atoms with Crippen molar-refractivity contribution in [2.24, 2.45) is 0 Å². The van der Waals surface area contributed by atoms with Gasteiger partial charge >= 0.3 is 0 Å². The second-order valence-electron chi connectivity index (χ2n) is 7.00. The van der Waals surface area contributed by atoms with Crippen molar-refractivity contribution in [3.63, 3.8) is 0 Å². The van der Waals surface area contributed by atoms with Crippen molar-refractivity contribution in [3.05, 3.63) is 77.6 Å². The molecule has 0 aliphatic carbocycles. The van der Waals surface area contributed by atoms with E-state index in [1.807, 2.05) is 30.3 Å². The van der Waals surface area contributed by atoms with Crippen molar-refractivity contribution in [3.8, 4) is 5.75 Å². The van der Waals surface area contributed by atoms with Crippen molar-refractivity contribution in [1.29, 1.82) is 0 Å². The molecule has 0 radical (unpaired) electrons. The summed E-state index contributed by atoms with van der Waals surface area (Å²) >= 11 is 5.88. The first kappa shape index (κ1) is 20.1. The third kappa shape index (κ3) is 4.87. The molecule has 0 bridgehead atoms. The summed E-state index contributed by atoms with van der Waals surface area (Å²) < 4.78 is 5.85.